The Balaban J connectivity index is 4.00. The van der Waals surface area contributed by atoms with Gasteiger partial charge in [0.15, 0.2) is 0 Å². The van der Waals surface area contributed by atoms with Gasteiger partial charge in [0.1, 0.15) is 5.76 Å². The van der Waals surface area contributed by atoms with Gasteiger partial charge in [-0.25, -0.2) is 0 Å². The molecule has 0 aliphatic heterocycles. The second-order valence-electron chi connectivity index (χ2n) is 1.48. The largest absolute Gasteiger partial charge is 0.507 e. The minimum absolute atomic E-state index is 0.230. The van der Waals surface area contributed by atoms with Crippen molar-refractivity contribution in [2.75, 3.05) is 0 Å². The van der Waals surface area contributed by atoms with Crippen molar-refractivity contribution < 1.29 is 5.11 Å². The van der Waals surface area contributed by atoms with E-state index in [1.54, 1.807) is 12.2 Å². The Bertz CT molecular complexity index is 156. The molecule has 0 fully saturated rings. The van der Waals surface area contributed by atoms with Crippen LogP contribution in [0.3, 0.4) is 0 Å². The van der Waals surface area contributed by atoms with Crippen LogP contribution in [0.4, 0.5) is 0 Å². The van der Waals surface area contributed by atoms with Gasteiger partial charge in [-0.1, -0.05) is 18.7 Å². The van der Waals surface area contributed by atoms with Gasteiger partial charge < -0.3 is 5.11 Å². The molecule has 50 valence electrons. The molecule has 0 unspecified atom stereocenters. The number of halogens is 1. The van der Waals surface area contributed by atoms with E-state index in [2.05, 4.69) is 6.58 Å². The highest BCUT2D eigenvalue weighted by Gasteiger charge is 1.89. The minimum Gasteiger partial charge on any atom is -0.507 e. The lowest BCUT2D eigenvalue weighted by molar-refractivity contribution is 0.432. The summed E-state index contributed by atoms with van der Waals surface area (Å²) in [6.45, 7) is 5.43. The molecule has 0 radical (unpaired) electrons. The van der Waals surface area contributed by atoms with Crippen LogP contribution in [0, 0.1) is 0 Å². The van der Waals surface area contributed by atoms with Crippen molar-refractivity contribution in [1.29, 1.82) is 0 Å². The van der Waals surface area contributed by atoms with Crippen LogP contribution in [0.5, 0.6) is 0 Å². The van der Waals surface area contributed by atoms with Crippen LogP contribution in [-0.2, 0) is 0 Å². The predicted molar refractivity (Wildman–Crippen MR) is 48.7 cm³/mol. The number of aliphatic hydroxyl groups is 1. The zero-order valence-electron chi connectivity index (χ0n) is 5.26. The van der Waals surface area contributed by atoms with Gasteiger partial charge in [-0.05, 0) is 35.6 Å². The predicted octanol–water partition coefficient (Wildman–Crippen LogP) is 2.95. The number of aliphatic hydroxyl groups excluding tert-OH is 1. The zero-order chi connectivity index (χ0) is 7.28. The maximum atomic E-state index is 8.96. The topological polar surface area (TPSA) is 20.2 Å². The van der Waals surface area contributed by atoms with Crippen molar-refractivity contribution in [2.24, 2.45) is 0 Å². The van der Waals surface area contributed by atoms with Gasteiger partial charge in [0.05, 0.1) is 0 Å². The van der Waals surface area contributed by atoms with Gasteiger partial charge in [-0.2, -0.15) is 0 Å². The highest BCUT2D eigenvalue weighted by atomic mass is 127. The smallest absolute Gasteiger partial charge is 0.128 e. The Morgan fingerprint density at radius 2 is 2.22 bits per heavy atom. The molecule has 2 heteroatoms. The van der Waals surface area contributed by atoms with Gasteiger partial charge in [0.2, 0.25) is 0 Å². The molecule has 1 N–H and O–H groups in total. The van der Waals surface area contributed by atoms with E-state index in [4.69, 9.17) is 5.11 Å². The average molecular weight is 236 g/mol. The van der Waals surface area contributed by atoms with Crippen LogP contribution in [0.15, 0.2) is 34.1 Å². The molecule has 0 saturated carbocycles. The molecular weight excluding hydrogens is 227 g/mol. The highest BCUT2D eigenvalue weighted by Crippen LogP contribution is 2.11. The van der Waals surface area contributed by atoms with Gasteiger partial charge in [0.25, 0.3) is 0 Å². The summed E-state index contributed by atoms with van der Waals surface area (Å²) in [6, 6.07) is 0. The van der Waals surface area contributed by atoms with E-state index < -0.39 is 0 Å². The second-order valence-corrected chi connectivity index (χ2v) is 2.78. The van der Waals surface area contributed by atoms with Crippen LogP contribution >= 0.6 is 22.6 Å². The lowest BCUT2D eigenvalue weighted by atomic mass is 10.4. The van der Waals surface area contributed by atoms with Gasteiger partial charge in [0, 0.05) is 3.58 Å². The van der Waals surface area contributed by atoms with E-state index in [9.17, 15) is 0 Å². The number of allylic oxidation sites excluding steroid dienone is 4. The Morgan fingerprint density at radius 3 is 2.56 bits per heavy atom. The number of rotatable bonds is 2. The first kappa shape index (κ1) is 8.75. The van der Waals surface area contributed by atoms with E-state index in [-0.39, 0.29) is 5.76 Å². The summed E-state index contributed by atoms with van der Waals surface area (Å²) in [5.74, 6) is 0.230. The molecule has 1 nitrogen and oxygen atoms in total. The summed E-state index contributed by atoms with van der Waals surface area (Å²) in [5.41, 5.74) is 0. The maximum absolute atomic E-state index is 8.96. The van der Waals surface area contributed by atoms with E-state index in [0.29, 0.717) is 3.58 Å². The molecule has 0 spiro atoms. The second kappa shape index (κ2) is 4.61. The first-order chi connectivity index (χ1) is 4.18. The van der Waals surface area contributed by atoms with Crippen LogP contribution in [0.25, 0.3) is 0 Å². The van der Waals surface area contributed by atoms with Crippen LogP contribution < -0.4 is 0 Å². The van der Waals surface area contributed by atoms with Crippen LogP contribution in [-0.4, -0.2) is 5.11 Å². The van der Waals surface area contributed by atoms with E-state index in [1.165, 1.54) is 0 Å². The fourth-order valence-corrected chi connectivity index (χ4v) is 0.458. The van der Waals surface area contributed by atoms with E-state index in [1.807, 2.05) is 35.6 Å². The summed E-state index contributed by atoms with van der Waals surface area (Å²) >= 11 is 1.96. The standard InChI is InChI=1S/C7H9IO/c1-3-4-5-7(9)6(2)8/h3-5,9H,2H2,1H3/b4-3-,7-5+. The van der Waals surface area contributed by atoms with Crippen molar-refractivity contribution >= 4 is 22.6 Å². The van der Waals surface area contributed by atoms with Crippen LogP contribution in [0.1, 0.15) is 6.92 Å². The molecule has 0 aromatic heterocycles. The fraction of sp³-hybridized carbons (Fsp3) is 0.143. The molecule has 0 aromatic carbocycles. The molecule has 0 atom stereocenters. The summed E-state index contributed by atoms with van der Waals surface area (Å²) in [5, 5.41) is 8.96. The Kier molecular flexibility index (Phi) is 4.48. The van der Waals surface area contributed by atoms with Crippen LogP contribution in [0.2, 0.25) is 0 Å². The molecule has 0 rings (SSSR count). The third kappa shape index (κ3) is 4.27. The van der Waals surface area contributed by atoms with Gasteiger partial charge >= 0.3 is 0 Å². The lowest BCUT2D eigenvalue weighted by Crippen LogP contribution is -1.74. The number of hydrogen-bond donors (Lipinski definition) is 1. The summed E-state index contributed by atoms with van der Waals surface area (Å²) in [4.78, 5) is 0. The van der Waals surface area contributed by atoms with E-state index >= 15 is 0 Å². The molecular formula is C7H9IO. The Morgan fingerprint density at radius 1 is 1.67 bits per heavy atom. The van der Waals surface area contributed by atoms with E-state index in [0.717, 1.165) is 0 Å². The third-order valence-corrected chi connectivity index (χ3v) is 1.28. The number of hydrogen-bond acceptors (Lipinski definition) is 1. The van der Waals surface area contributed by atoms with Gasteiger partial charge in [-0.15, -0.1) is 0 Å². The monoisotopic (exact) mass is 236 g/mol. The summed E-state index contributed by atoms with van der Waals surface area (Å²) in [7, 11) is 0. The van der Waals surface area contributed by atoms with Crippen molar-refractivity contribution in [2.45, 2.75) is 6.92 Å². The minimum atomic E-state index is 0.230. The molecule has 0 saturated heterocycles. The molecule has 0 bridgehead atoms. The fourth-order valence-electron chi connectivity index (χ4n) is 0.278. The Labute approximate surface area is 68.9 Å². The quantitative estimate of drug-likeness (QED) is 0.444. The zero-order valence-corrected chi connectivity index (χ0v) is 7.42. The van der Waals surface area contributed by atoms with Crippen molar-refractivity contribution in [1.82, 2.24) is 0 Å². The maximum Gasteiger partial charge on any atom is 0.128 e. The SMILES string of the molecule is C=C(I)/C(O)=C\C=C/C. The Hall–Kier alpha value is -0.250. The molecule has 0 aliphatic carbocycles. The molecule has 0 amide bonds. The normalized spacial score (nSPS) is 12.4. The first-order valence-corrected chi connectivity index (χ1v) is 3.63. The lowest BCUT2D eigenvalue weighted by Gasteiger charge is -1.90. The van der Waals surface area contributed by atoms with Crippen molar-refractivity contribution in [3.63, 3.8) is 0 Å². The molecule has 0 aromatic rings. The third-order valence-electron chi connectivity index (χ3n) is 0.724. The first-order valence-electron chi connectivity index (χ1n) is 2.55. The average Bonchev–Trinajstić information content (AvgIpc) is 1.82. The summed E-state index contributed by atoms with van der Waals surface area (Å²) in [6.07, 6.45) is 5.21. The molecule has 0 heterocycles. The molecule has 0 aliphatic rings. The highest BCUT2D eigenvalue weighted by molar-refractivity contribution is 14.1. The van der Waals surface area contributed by atoms with Gasteiger partial charge in [-0.3, -0.25) is 0 Å². The van der Waals surface area contributed by atoms with Crippen molar-refractivity contribution in [3.05, 3.63) is 34.1 Å². The summed E-state index contributed by atoms with van der Waals surface area (Å²) < 4.78 is 0.658. The molecule has 9 heavy (non-hydrogen) atoms. The van der Waals surface area contributed by atoms with Crippen molar-refractivity contribution in [3.8, 4) is 0 Å².